The molecule has 0 spiro atoms. The summed E-state index contributed by atoms with van der Waals surface area (Å²) in [5, 5.41) is 8.80. The van der Waals surface area contributed by atoms with Crippen molar-refractivity contribution in [3.05, 3.63) is 15.6 Å². The van der Waals surface area contributed by atoms with Crippen molar-refractivity contribution in [2.45, 2.75) is 13.0 Å². The van der Waals surface area contributed by atoms with Gasteiger partial charge in [0, 0.05) is 11.4 Å². The molecule has 6 nitrogen and oxygen atoms in total. The SMILES string of the molecule is CS(=O)(=O)N1CCc2sc(C(=O)O)nc2C1. The first-order valence-corrected chi connectivity index (χ1v) is 7.21. The molecule has 0 saturated heterocycles. The standard InChI is InChI=1S/C8H10N2O4S2/c1-16(13,14)10-3-2-6-5(4-10)9-7(15-6)8(11)12/h2-4H2,1H3,(H,11,12). The van der Waals surface area contributed by atoms with E-state index in [2.05, 4.69) is 4.98 Å². The molecule has 0 atom stereocenters. The Bertz CT molecular complexity index is 534. The predicted molar refractivity (Wildman–Crippen MR) is 58.0 cm³/mol. The second-order valence-corrected chi connectivity index (χ2v) is 6.61. The van der Waals surface area contributed by atoms with E-state index in [1.807, 2.05) is 0 Å². The van der Waals surface area contributed by atoms with Crippen molar-refractivity contribution in [1.29, 1.82) is 0 Å². The lowest BCUT2D eigenvalue weighted by Gasteiger charge is -2.23. The molecule has 8 heteroatoms. The number of hydrogen-bond donors (Lipinski definition) is 1. The number of hydrogen-bond acceptors (Lipinski definition) is 5. The van der Waals surface area contributed by atoms with Crippen LogP contribution < -0.4 is 0 Å². The van der Waals surface area contributed by atoms with Crippen LogP contribution in [0, 0.1) is 0 Å². The van der Waals surface area contributed by atoms with Crippen LogP contribution in [0.4, 0.5) is 0 Å². The molecule has 0 amide bonds. The van der Waals surface area contributed by atoms with Crippen molar-refractivity contribution in [2.75, 3.05) is 12.8 Å². The Balaban J connectivity index is 2.31. The zero-order valence-electron chi connectivity index (χ0n) is 8.50. The summed E-state index contributed by atoms with van der Waals surface area (Å²) in [6, 6.07) is 0. The molecule has 88 valence electrons. The third-order valence-electron chi connectivity index (χ3n) is 2.34. The average Bonchev–Trinajstić information content (AvgIpc) is 2.58. The van der Waals surface area contributed by atoms with E-state index in [9.17, 15) is 13.2 Å². The van der Waals surface area contributed by atoms with Gasteiger partial charge < -0.3 is 5.11 Å². The Morgan fingerprint density at radius 3 is 2.81 bits per heavy atom. The molecule has 1 aliphatic heterocycles. The molecule has 0 radical (unpaired) electrons. The summed E-state index contributed by atoms with van der Waals surface area (Å²) in [7, 11) is -3.23. The molecule has 2 rings (SSSR count). The fourth-order valence-corrected chi connectivity index (χ4v) is 3.23. The number of sulfonamides is 1. The maximum atomic E-state index is 11.3. The van der Waals surface area contributed by atoms with Gasteiger partial charge in [0.1, 0.15) is 0 Å². The van der Waals surface area contributed by atoms with Crippen LogP contribution in [0.3, 0.4) is 0 Å². The lowest BCUT2D eigenvalue weighted by atomic mass is 10.2. The van der Waals surface area contributed by atoms with E-state index in [1.54, 1.807) is 0 Å². The van der Waals surface area contributed by atoms with Gasteiger partial charge in [0.25, 0.3) is 0 Å². The molecule has 1 aromatic rings. The van der Waals surface area contributed by atoms with Gasteiger partial charge in [0.15, 0.2) is 0 Å². The molecular formula is C8H10N2O4S2. The Morgan fingerprint density at radius 2 is 2.25 bits per heavy atom. The van der Waals surface area contributed by atoms with Crippen molar-refractivity contribution in [3.63, 3.8) is 0 Å². The lowest BCUT2D eigenvalue weighted by Crippen LogP contribution is -2.34. The number of rotatable bonds is 2. The second-order valence-electron chi connectivity index (χ2n) is 3.54. The highest BCUT2D eigenvalue weighted by molar-refractivity contribution is 7.88. The van der Waals surface area contributed by atoms with Crippen LogP contribution in [0.25, 0.3) is 0 Å². The zero-order valence-corrected chi connectivity index (χ0v) is 10.1. The number of nitrogens with zero attached hydrogens (tertiary/aromatic N) is 2. The van der Waals surface area contributed by atoms with Gasteiger partial charge in [-0.15, -0.1) is 11.3 Å². The fourth-order valence-electron chi connectivity index (χ4n) is 1.55. The molecule has 1 aliphatic rings. The molecule has 1 aromatic heterocycles. The third-order valence-corrected chi connectivity index (χ3v) is 4.74. The van der Waals surface area contributed by atoms with Crippen LogP contribution in [0.1, 0.15) is 20.4 Å². The summed E-state index contributed by atoms with van der Waals surface area (Å²) in [5.41, 5.74) is 0.569. The van der Waals surface area contributed by atoms with Gasteiger partial charge >= 0.3 is 5.97 Å². The first kappa shape index (κ1) is 11.5. The highest BCUT2D eigenvalue weighted by Crippen LogP contribution is 2.25. The van der Waals surface area contributed by atoms with E-state index in [-0.39, 0.29) is 11.6 Å². The number of carbonyl (C=O) groups is 1. The summed E-state index contributed by atoms with van der Waals surface area (Å²) in [5.74, 6) is -1.06. The van der Waals surface area contributed by atoms with Gasteiger partial charge in [-0.3, -0.25) is 0 Å². The molecule has 0 bridgehead atoms. The number of fused-ring (bicyclic) bond motifs is 1. The number of thiazole rings is 1. The van der Waals surface area contributed by atoms with Crippen molar-refractivity contribution < 1.29 is 18.3 Å². The monoisotopic (exact) mass is 262 g/mol. The molecule has 16 heavy (non-hydrogen) atoms. The van der Waals surface area contributed by atoms with Gasteiger partial charge in [-0.2, -0.15) is 4.31 Å². The van der Waals surface area contributed by atoms with Gasteiger partial charge in [0.2, 0.25) is 15.0 Å². The molecule has 0 fully saturated rings. The molecule has 0 saturated carbocycles. The maximum absolute atomic E-state index is 11.3. The first-order valence-electron chi connectivity index (χ1n) is 4.55. The van der Waals surface area contributed by atoms with E-state index in [0.29, 0.717) is 18.7 Å². The van der Waals surface area contributed by atoms with Gasteiger partial charge in [-0.05, 0) is 6.42 Å². The average molecular weight is 262 g/mol. The number of aromatic carboxylic acids is 1. The third kappa shape index (κ3) is 2.08. The van der Waals surface area contributed by atoms with Crippen molar-refractivity contribution in [2.24, 2.45) is 0 Å². The summed E-state index contributed by atoms with van der Waals surface area (Å²) >= 11 is 1.12. The van der Waals surface area contributed by atoms with Crippen LogP contribution in [-0.2, 0) is 23.0 Å². The zero-order chi connectivity index (χ0) is 11.9. The predicted octanol–water partition coefficient (Wildman–Crippen LogP) is 0.159. The molecular weight excluding hydrogens is 252 g/mol. The van der Waals surface area contributed by atoms with E-state index in [0.717, 1.165) is 22.5 Å². The van der Waals surface area contributed by atoms with E-state index >= 15 is 0 Å². The first-order chi connectivity index (χ1) is 7.38. The molecule has 1 N–H and O–H groups in total. The van der Waals surface area contributed by atoms with Crippen molar-refractivity contribution >= 4 is 27.3 Å². The van der Waals surface area contributed by atoms with Crippen molar-refractivity contribution in [1.82, 2.24) is 9.29 Å². The highest BCUT2D eigenvalue weighted by atomic mass is 32.2. The van der Waals surface area contributed by atoms with E-state index in [4.69, 9.17) is 5.11 Å². The summed E-state index contributed by atoms with van der Waals surface area (Å²) < 4.78 is 24.0. The minimum atomic E-state index is -3.23. The van der Waals surface area contributed by atoms with E-state index < -0.39 is 16.0 Å². The van der Waals surface area contributed by atoms with Crippen LogP contribution >= 0.6 is 11.3 Å². The van der Waals surface area contributed by atoms with Gasteiger partial charge in [-0.25, -0.2) is 18.2 Å². The summed E-state index contributed by atoms with van der Waals surface area (Å²) in [6.07, 6.45) is 1.68. The smallest absolute Gasteiger partial charge is 0.365 e. The topological polar surface area (TPSA) is 87.6 Å². The van der Waals surface area contributed by atoms with Crippen LogP contribution in [-0.4, -0.2) is 41.6 Å². The van der Waals surface area contributed by atoms with Crippen molar-refractivity contribution in [3.8, 4) is 0 Å². The highest BCUT2D eigenvalue weighted by Gasteiger charge is 2.27. The van der Waals surface area contributed by atoms with E-state index in [1.165, 1.54) is 4.31 Å². The molecule has 2 heterocycles. The van der Waals surface area contributed by atoms with Crippen LogP contribution in [0.2, 0.25) is 0 Å². The minimum Gasteiger partial charge on any atom is -0.476 e. The Labute approximate surface area is 96.6 Å². The minimum absolute atomic E-state index is 0.0281. The lowest BCUT2D eigenvalue weighted by molar-refractivity contribution is 0.0696. The molecule has 0 unspecified atom stereocenters. The Morgan fingerprint density at radius 1 is 1.56 bits per heavy atom. The van der Waals surface area contributed by atoms with Crippen LogP contribution in [0.15, 0.2) is 0 Å². The molecule has 0 aliphatic carbocycles. The quantitative estimate of drug-likeness (QED) is 0.820. The second kappa shape index (κ2) is 3.79. The van der Waals surface area contributed by atoms with Crippen LogP contribution in [0.5, 0.6) is 0 Å². The summed E-state index contributed by atoms with van der Waals surface area (Å²) in [4.78, 5) is 15.5. The normalized spacial score (nSPS) is 17.1. The largest absolute Gasteiger partial charge is 0.476 e. The van der Waals surface area contributed by atoms with Gasteiger partial charge in [-0.1, -0.05) is 0 Å². The fraction of sp³-hybridized carbons (Fsp3) is 0.500. The maximum Gasteiger partial charge on any atom is 0.365 e. The number of carboxylic acids is 1. The summed E-state index contributed by atoms with van der Waals surface area (Å²) in [6.45, 7) is 0.574. The number of carboxylic acid groups (broad SMARTS) is 1. The number of aromatic nitrogens is 1. The Kier molecular flexibility index (Phi) is 2.72. The van der Waals surface area contributed by atoms with Gasteiger partial charge in [0.05, 0.1) is 18.5 Å². The molecule has 0 aromatic carbocycles. The Hall–Kier alpha value is -0.990.